The third-order valence-electron chi connectivity index (χ3n) is 3.30. The number of nitrogens with two attached hydrogens (primary N) is 1. The molecular formula is C14H25N3. The van der Waals surface area contributed by atoms with Crippen LogP contribution in [0.15, 0.2) is 6.07 Å². The molecule has 0 aliphatic rings. The lowest BCUT2D eigenvalue weighted by molar-refractivity contribution is 0.556. The zero-order valence-electron chi connectivity index (χ0n) is 11.7. The van der Waals surface area contributed by atoms with Crippen molar-refractivity contribution in [3.05, 3.63) is 22.9 Å². The Balaban J connectivity index is 3.02. The summed E-state index contributed by atoms with van der Waals surface area (Å²) in [5.74, 6) is 1.72. The van der Waals surface area contributed by atoms with E-state index in [0.29, 0.717) is 12.5 Å². The van der Waals surface area contributed by atoms with Crippen LogP contribution in [0.25, 0.3) is 0 Å². The minimum atomic E-state index is 0.555. The van der Waals surface area contributed by atoms with Gasteiger partial charge >= 0.3 is 0 Å². The van der Waals surface area contributed by atoms with E-state index in [1.165, 1.54) is 17.5 Å². The van der Waals surface area contributed by atoms with Gasteiger partial charge in [-0.25, -0.2) is 4.98 Å². The lowest BCUT2D eigenvalue weighted by Crippen LogP contribution is -2.26. The van der Waals surface area contributed by atoms with Gasteiger partial charge in [0.15, 0.2) is 0 Å². The minimum absolute atomic E-state index is 0.555. The van der Waals surface area contributed by atoms with Gasteiger partial charge in [0, 0.05) is 31.4 Å². The highest BCUT2D eigenvalue weighted by atomic mass is 15.2. The topological polar surface area (TPSA) is 42.2 Å². The Bertz CT molecular complexity index is 374. The SMILES string of the molecule is CCC(C)CN(C)c1nc(C)cc(C)c1CN. The zero-order chi connectivity index (χ0) is 13.0. The predicted octanol–water partition coefficient (Wildman–Crippen LogP) is 2.64. The number of aromatic nitrogens is 1. The van der Waals surface area contributed by atoms with Crippen molar-refractivity contribution in [1.82, 2.24) is 4.98 Å². The third kappa shape index (κ3) is 3.43. The van der Waals surface area contributed by atoms with Crippen LogP contribution in [0, 0.1) is 19.8 Å². The lowest BCUT2D eigenvalue weighted by atomic mass is 10.1. The van der Waals surface area contributed by atoms with Crippen molar-refractivity contribution in [2.45, 2.75) is 40.7 Å². The second-order valence-corrected chi connectivity index (χ2v) is 4.98. The van der Waals surface area contributed by atoms with Gasteiger partial charge in [0.05, 0.1) is 0 Å². The van der Waals surface area contributed by atoms with Crippen LogP contribution >= 0.6 is 0 Å². The summed E-state index contributed by atoms with van der Waals surface area (Å²) in [7, 11) is 2.10. The Labute approximate surface area is 105 Å². The average Bonchev–Trinajstić information content (AvgIpc) is 2.27. The van der Waals surface area contributed by atoms with Gasteiger partial charge in [0.25, 0.3) is 0 Å². The normalized spacial score (nSPS) is 12.6. The molecule has 1 rings (SSSR count). The number of nitrogens with zero attached hydrogens (tertiary/aromatic N) is 2. The molecule has 0 fully saturated rings. The Morgan fingerprint density at radius 2 is 2.06 bits per heavy atom. The van der Waals surface area contributed by atoms with Gasteiger partial charge in [-0.05, 0) is 31.4 Å². The van der Waals surface area contributed by atoms with Crippen LogP contribution in [0.5, 0.6) is 0 Å². The summed E-state index contributed by atoms with van der Waals surface area (Å²) in [6.45, 7) is 10.2. The van der Waals surface area contributed by atoms with Crippen molar-refractivity contribution < 1.29 is 0 Å². The van der Waals surface area contributed by atoms with E-state index in [1.807, 2.05) is 6.92 Å². The van der Waals surface area contributed by atoms with Gasteiger partial charge < -0.3 is 10.6 Å². The molecule has 0 aliphatic heterocycles. The van der Waals surface area contributed by atoms with Crippen LogP contribution in [-0.2, 0) is 6.54 Å². The highest BCUT2D eigenvalue weighted by Gasteiger charge is 2.13. The Morgan fingerprint density at radius 3 is 2.59 bits per heavy atom. The van der Waals surface area contributed by atoms with E-state index in [1.54, 1.807) is 0 Å². The maximum Gasteiger partial charge on any atom is 0.133 e. The van der Waals surface area contributed by atoms with E-state index in [9.17, 15) is 0 Å². The number of hydrogen-bond acceptors (Lipinski definition) is 3. The second-order valence-electron chi connectivity index (χ2n) is 4.98. The first-order valence-electron chi connectivity index (χ1n) is 6.37. The molecule has 0 aliphatic carbocycles. The summed E-state index contributed by atoms with van der Waals surface area (Å²) in [5.41, 5.74) is 9.31. The molecule has 96 valence electrons. The lowest BCUT2D eigenvalue weighted by Gasteiger charge is -2.25. The van der Waals surface area contributed by atoms with Crippen molar-refractivity contribution in [1.29, 1.82) is 0 Å². The van der Waals surface area contributed by atoms with Gasteiger partial charge in [-0.1, -0.05) is 20.3 Å². The molecule has 0 bridgehead atoms. The molecule has 0 aromatic carbocycles. The van der Waals surface area contributed by atoms with Crippen molar-refractivity contribution in [2.24, 2.45) is 11.7 Å². The quantitative estimate of drug-likeness (QED) is 0.853. The molecule has 0 spiro atoms. The first-order valence-corrected chi connectivity index (χ1v) is 6.37. The van der Waals surface area contributed by atoms with Crippen molar-refractivity contribution >= 4 is 5.82 Å². The zero-order valence-corrected chi connectivity index (χ0v) is 11.7. The van der Waals surface area contributed by atoms with Crippen LogP contribution in [0.4, 0.5) is 5.82 Å². The molecule has 1 atom stereocenters. The molecule has 17 heavy (non-hydrogen) atoms. The maximum atomic E-state index is 5.84. The molecule has 1 heterocycles. The minimum Gasteiger partial charge on any atom is -0.359 e. The largest absolute Gasteiger partial charge is 0.359 e. The van der Waals surface area contributed by atoms with Gasteiger partial charge in [-0.15, -0.1) is 0 Å². The second kappa shape index (κ2) is 6.01. The van der Waals surface area contributed by atoms with E-state index in [4.69, 9.17) is 5.73 Å². The first kappa shape index (κ1) is 14.0. The number of hydrogen-bond donors (Lipinski definition) is 1. The molecule has 1 aromatic heterocycles. The standard InChI is InChI=1S/C14H25N3/c1-6-10(2)9-17(5)14-13(8-15)11(3)7-12(4)16-14/h7,10H,6,8-9,15H2,1-5H3. The van der Waals surface area contributed by atoms with Gasteiger partial charge in [-0.2, -0.15) is 0 Å². The summed E-state index contributed by atoms with van der Waals surface area (Å²) < 4.78 is 0. The van der Waals surface area contributed by atoms with Crippen LogP contribution in [0.2, 0.25) is 0 Å². The number of anilines is 1. The summed E-state index contributed by atoms with van der Waals surface area (Å²) in [5, 5.41) is 0. The van der Waals surface area contributed by atoms with E-state index < -0.39 is 0 Å². The molecular weight excluding hydrogens is 210 g/mol. The molecule has 0 amide bonds. The number of rotatable bonds is 5. The fraction of sp³-hybridized carbons (Fsp3) is 0.643. The predicted molar refractivity (Wildman–Crippen MR) is 74.3 cm³/mol. The molecule has 3 nitrogen and oxygen atoms in total. The summed E-state index contributed by atoms with van der Waals surface area (Å²) in [4.78, 5) is 6.87. The fourth-order valence-electron chi connectivity index (χ4n) is 2.09. The van der Waals surface area contributed by atoms with Crippen LogP contribution < -0.4 is 10.6 Å². The van der Waals surface area contributed by atoms with Gasteiger partial charge in [0.2, 0.25) is 0 Å². The van der Waals surface area contributed by atoms with E-state index in [0.717, 1.165) is 18.1 Å². The van der Waals surface area contributed by atoms with E-state index in [-0.39, 0.29) is 0 Å². The molecule has 1 unspecified atom stereocenters. The summed E-state index contributed by atoms with van der Waals surface area (Å²) in [6, 6.07) is 2.10. The number of pyridine rings is 1. The van der Waals surface area contributed by atoms with Gasteiger partial charge in [-0.3, -0.25) is 0 Å². The maximum absolute atomic E-state index is 5.84. The highest BCUT2D eigenvalue weighted by Crippen LogP contribution is 2.22. The Morgan fingerprint density at radius 1 is 1.41 bits per heavy atom. The smallest absolute Gasteiger partial charge is 0.133 e. The Hall–Kier alpha value is -1.09. The third-order valence-corrected chi connectivity index (χ3v) is 3.30. The monoisotopic (exact) mass is 235 g/mol. The first-order chi connectivity index (χ1) is 7.99. The molecule has 0 saturated carbocycles. The Kier molecular flexibility index (Phi) is 4.94. The van der Waals surface area contributed by atoms with Crippen LogP contribution in [0.3, 0.4) is 0 Å². The average molecular weight is 235 g/mol. The molecule has 0 radical (unpaired) electrons. The van der Waals surface area contributed by atoms with Gasteiger partial charge in [0.1, 0.15) is 5.82 Å². The van der Waals surface area contributed by atoms with Crippen molar-refractivity contribution in [3.8, 4) is 0 Å². The molecule has 3 heteroatoms. The van der Waals surface area contributed by atoms with Crippen molar-refractivity contribution in [3.63, 3.8) is 0 Å². The molecule has 0 saturated heterocycles. The van der Waals surface area contributed by atoms with E-state index >= 15 is 0 Å². The molecule has 2 N–H and O–H groups in total. The summed E-state index contributed by atoms with van der Waals surface area (Å²) in [6.07, 6.45) is 1.19. The van der Waals surface area contributed by atoms with Crippen LogP contribution in [-0.4, -0.2) is 18.6 Å². The fourth-order valence-corrected chi connectivity index (χ4v) is 2.09. The molecule has 1 aromatic rings. The highest BCUT2D eigenvalue weighted by molar-refractivity contribution is 5.51. The van der Waals surface area contributed by atoms with Crippen LogP contribution in [0.1, 0.15) is 37.1 Å². The van der Waals surface area contributed by atoms with Crippen molar-refractivity contribution in [2.75, 3.05) is 18.5 Å². The van der Waals surface area contributed by atoms with E-state index in [2.05, 4.69) is 43.8 Å². The number of aryl methyl sites for hydroxylation is 2. The summed E-state index contributed by atoms with van der Waals surface area (Å²) >= 11 is 0.